The fourth-order valence-electron chi connectivity index (χ4n) is 1.61. The maximum absolute atomic E-state index is 11.5. The summed E-state index contributed by atoms with van der Waals surface area (Å²) in [4.78, 5) is 11.5. The summed E-state index contributed by atoms with van der Waals surface area (Å²) in [7, 11) is 1.67. The monoisotopic (exact) mass is 230 g/mol. The van der Waals surface area contributed by atoms with Crippen LogP contribution in [0.4, 0.5) is 0 Å². The minimum Gasteiger partial charge on any atom is -0.385 e. The Morgan fingerprint density at radius 2 is 2.06 bits per heavy atom. The first kappa shape index (κ1) is 15.4. The van der Waals surface area contributed by atoms with Crippen molar-refractivity contribution in [1.82, 2.24) is 5.32 Å². The predicted molar refractivity (Wildman–Crippen MR) is 66.2 cm³/mol. The van der Waals surface area contributed by atoms with Gasteiger partial charge in [-0.1, -0.05) is 13.8 Å². The number of nitrogens with two attached hydrogens (primary N) is 1. The molecule has 0 radical (unpaired) electrons. The topological polar surface area (TPSA) is 64.3 Å². The summed E-state index contributed by atoms with van der Waals surface area (Å²) in [5.41, 5.74) is 5.61. The van der Waals surface area contributed by atoms with E-state index in [1.807, 2.05) is 0 Å². The largest absolute Gasteiger partial charge is 0.385 e. The number of hydrogen-bond acceptors (Lipinski definition) is 3. The van der Waals surface area contributed by atoms with Gasteiger partial charge in [0.25, 0.3) is 0 Å². The van der Waals surface area contributed by atoms with Crippen LogP contribution in [-0.2, 0) is 9.53 Å². The molecule has 16 heavy (non-hydrogen) atoms. The molecule has 0 rings (SSSR count). The lowest BCUT2D eigenvalue weighted by molar-refractivity contribution is -0.122. The second-order valence-electron chi connectivity index (χ2n) is 4.58. The summed E-state index contributed by atoms with van der Waals surface area (Å²) in [5.74, 6) is 0.662. The molecule has 0 aliphatic rings. The Balaban J connectivity index is 3.66. The Morgan fingerprint density at radius 1 is 1.38 bits per heavy atom. The van der Waals surface area contributed by atoms with Crippen molar-refractivity contribution in [3.8, 4) is 0 Å². The van der Waals surface area contributed by atoms with Crippen LogP contribution in [0.2, 0.25) is 0 Å². The molecule has 0 saturated carbocycles. The first-order chi connectivity index (χ1) is 7.60. The van der Waals surface area contributed by atoms with E-state index in [0.717, 1.165) is 25.9 Å². The molecule has 3 N–H and O–H groups in total. The van der Waals surface area contributed by atoms with Crippen molar-refractivity contribution in [2.24, 2.45) is 11.7 Å². The zero-order chi connectivity index (χ0) is 12.4. The molecule has 0 aromatic rings. The van der Waals surface area contributed by atoms with E-state index in [2.05, 4.69) is 19.2 Å². The molecule has 1 atom stereocenters. The molecule has 0 aromatic heterocycles. The van der Waals surface area contributed by atoms with Crippen molar-refractivity contribution in [2.45, 2.75) is 45.6 Å². The van der Waals surface area contributed by atoms with Crippen LogP contribution in [0.5, 0.6) is 0 Å². The molecule has 0 aliphatic heterocycles. The molecule has 0 fully saturated rings. The Morgan fingerprint density at radius 3 is 2.56 bits per heavy atom. The highest BCUT2D eigenvalue weighted by atomic mass is 16.5. The molecule has 4 heteroatoms. The van der Waals surface area contributed by atoms with Crippen molar-refractivity contribution >= 4 is 5.91 Å². The van der Waals surface area contributed by atoms with E-state index in [4.69, 9.17) is 10.5 Å². The van der Waals surface area contributed by atoms with E-state index in [1.54, 1.807) is 7.11 Å². The SMILES string of the molecule is COCCCCC(=O)NC(CN)CC(C)C. The molecule has 0 bridgehead atoms. The minimum absolute atomic E-state index is 0.104. The lowest BCUT2D eigenvalue weighted by Crippen LogP contribution is -2.40. The van der Waals surface area contributed by atoms with Crippen molar-refractivity contribution in [2.75, 3.05) is 20.3 Å². The smallest absolute Gasteiger partial charge is 0.220 e. The van der Waals surface area contributed by atoms with Gasteiger partial charge in [0.15, 0.2) is 0 Å². The highest BCUT2D eigenvalue weighted by Gasteiger charge is 2.11. The van der Waals surface area contributed by atoms with Crippen molar-refractivity contribution in [3.05, 3.63) is 0 Å². The molecule has 1 amide bonds. The number of carbonyl (C=O) groups excluding carboxylic acids is 1. The zero-order valence-corrected chi connectivity index (χ0v) is 10.8. The second kappa shape index (κ2) is 9.60. The maximum atomic E-state index is 11.5. The van der Waals surface area contributed by atoms with Crippen molar-refractivity contribution < 1.29 is 9.53 Å². The zero-order valence-electron chi connectivity index (χ0n) is 10.8. The van der Waals surface area contributed by atoms with Crippen molar-refractivity contribution in [3.63, 3.8) is 0 Å². The molecule has 0 spiro atoms. The van der Waals surface area contributed by atoms with Gasteiger partial charge in [0.1, 0.15) is 0 Å². The standard InChI is InChI=1S/C12H26N2O2/c1-10(2)8-11(9-13)14-12(15)6-4-5-7-16-3/h10-11H,4-9,13H2,1-3H3,(H,14,15). The van der Waals surface area contributed by atoms with Gasteiger partial charge in [-0.3, -0.25) is 4.79 Å². The summed E-state index contributed by atoms with van der Waals surface area (Å²) in [6, 6.07) is 0.120. The highest BCUT2D eigenvalue weighted by molar-refractivity contribution is 5.76. The summed E-state index contributed by atoms with van der Waals surface area (Å²) >= 11 is 0. The lowest BCUT2D eigenvalue weighted by Gasteiger charge is -2.18. The number of ether oxygens (including phenoxy) is 1. The van der Waals surface area contributed by atoms with Crippen LogP contribution < -0.4 is 11.1 Å². The maximum Gasteiger partial charge on any atom is 0.220 e. The van der Waals surface area contributed by atoms with Gasteiger partial charge in [-0.15, -0.1) is 0 Å². The average Bonchev–Trinajstić information content (AvgIpc) is 2.23. The summed E-state index contributed by atoms with van der Waals surface area (Å²) in [6.45, 7) is 5.50. The molecule has 96 valence electrons. The van der Waals surface area contributed by atoms with Gasteiger partial charge in [-0.25, -0.2) is 0 Å². The number of hydrogen-bond donors (Lipinski definition) is 2. The van der Waals surface area contributed by atoms with Gasteiger partial charge in [-0.2, -0.15) is 0 Å². The molecule has 0 aromatic carbocycles. The molecule has 0 heterocycles. The summed E-state index contributed by atoms with van der Waals surface area (Å²) in [6.07, 6.45) is 3.32. The number of nitrogens with one attached hydrogen (secondary N) is 1. The Bertz CT molecular complexity index is 184. The molecule has 4 nitrogen and oxygen atoms in total. The van der Waals surface area contributed by atoms with Gasteiger partial charge in [0, 0.05) is 32.7 Å². The first-order valence-electron chi connectivity index (χ1n) is 6.08. The van der Waals surface area contributed by atoms with Crippen LogP contribution in [-0.4, -0.2) is 32.2 Å². The molecule has 1 unspecified atom stereocenters. The van der Waals surface area contributed by atoms with Gasteiger partial charge < -0.3 is 15.8 Å². The van der Waals surface area contributed by atoms with Crippen LogP contribution in [0.1, 0.15) is 39.5 Å². The third-order valence-corrected chi connectivity index (χ3v) is 2.41. The van der Waals surface area contributed by atoms with Gasteiger partial charge in [0.2, 0.25) is 5.91 Å². The van der Waals surface area contributed by atoms with Crippen LogP contribution in [0.3, 0.4) is 0 Å². The van der Waals surface area contributed by atoms with Gasteiger partial charge in [0.05, 0.1) is 0 Å². The summed E-state index contributed by atoms with van der Waals surface area (Å²) < 4.78 is 4.93. The number of unbranched alkanes of at least 4 members (excludes halogenated alkanes) is 1. The van der Waals surface area contributed by atoms with Crippen LogP contribution >= 0.6 is 0 Å². The number of rotatable bonds is 9. The van der Waals surface area contributed by atoms with Gasteiger partial charge >= 0.3 is 0 Å². The number of methoxy groups -OCH3 is 1. The van der Waals surface area contributed by atoms with Crippen LogP contribution in [0.15, 0.2) is 0 Å². The second-order valence-corrected chi connectivity index (χ2v) is 4.58. The molecular weight excluding hydrogens is 204 g/mol. The lowest BCUT2D eigenvalue weighted by atomic mass is 10.0. The fraction of sp³-hybridized carbons (Fsp3) is 0.917. The highest BCUT2D eigenvalue weighted by Crippen LogP contribution is 2.04. The average molecular weight is 230 g/mol. The van der Waals surface area contributed by atoms with E-state index in [9.17, 15) is 4.79 Å². The van der Waals surface area contributed by atoms with Crippen LogP contribution in [0, 0.1) is 5.92 Å². The Hall–Kier alpha value is -0.610. The normalized spacial score (nSPS) is 12.8. The van der Waals surface area contributed by atoms with E-state index in [1.165, 1.54) is 0 Å². The van der Waals surface area contributed by atoms with E-state index >= 15 is 0 Å². The number of carbonyl (C=O) groups is 1. The third kappa shape index (κ3) is 8.68. The molecular formula is C12H26N2O2. The van der Waals surface area contributed by atoms with Gasteiger partial charge in [-0.05, 0) is 25.2 Å². The van der Waals surface area contributed by atoms with E-state index in [0.29, 0.717) is 18.9 Å². The first-order valence-corrected chi connectivity index (χ1v) is 6.08. The third-order valence-electron chi connectivity index (χ3n) is 2.41. The van der Waals surface area contributed by atoms with Crippen molar-refractivity contribution in [1.29, 1.82) is 0 Å². The van der Waals surface area contributed by atoms with E-state index < -0.39 is 0 Å². The Kier molecular flexibility index (Phi) is 9.24. The summed E-state index contributed by atoms with van der Waals surface area (Å²) in [5, 5.41) is 2.97. The van der Waals surface area contributed by atoms with E-state index in [-0.39, 0.29) is 11.9 Å². The Labute approximate surface area is 98.9 Å². The predicted octanol–water partition coefficient (Wildman–Crippen LogP) is 1.29. The minimum atomic E-state index is 0.104. The molecule has 0 saturated heterocycles. The molecule has 0 aliphatic carbocycles. The fourth-order valence-corrected chi connectivity index (χ4v) is 1.61. The quantitative estimate of drug-likeness (QED) is 0.587. The van der Waals surface area contributed by atoms with Crippen LogP contribution in [0.25, 0.3) is 0 Å². The number of amides is 1.